The van der Waals surface area contributed by atoms with Crippen molar-refractivity contribution in [3.63, 3.8) is 0 Å². The number of aryl methyl sites for hydroxylation is 1. The van der Waals surface area contributed by atoms with Gasteiger partial charge in [0.25, 0.3) is 5.91 Å². The van der Waals surface area contributed by atoms with Crippen LogP contribution in [0.25, 0.3) is 22.5 Å². The summed E-state index contributed by atoms with van der Waals surface area (Å²) in [5.41, 5.74) is 6.91. The topological polar surface area (TPSA) is 97.2 Å². The van der Waals surface area contributed by atoms with Crippen molar-refractivity contribution in [1.29, 1.82) is 0 Å². The molecule has 0 radical (unpaired) electrons. The Morgan fingerprint density at radius 3 is 2.69 bits per heavy atom. The van der Waals surface area contributed by atoms with Crippen LogP contribution in [-0.2, 0) is 13.5 Å². The summed E-state index contributed by atoms with van der Waals surface area (Å²) in [5.74, 6) is 1.06. The molecule has 1 aliphatic heterocycles. The van der Waals surface area contributed by atoms with Crippen LogP contribution in [0.5, 0.6) is 5.75 Å². The van der Waals surface area contributed by atoms with Gasteiger partial charge in [0, 0.05) is 53.6 Å². The fraction of sp³-hybridized carbons (Fsp3) is 0.310. The summed E-state index contributed by atoms with van der Waals surface area (Å²) >= 11 is 6.61. The normalized spacial score (nSPS) is 16.7. The molecule has 200 valence electrons. The molecule has 1 amide bonds. The Balaban J connectivity index is 1.34. The standard InChI is InChI=1S/C29H30ClN7O2/c1-16-11-23-25(27(37(3)35-23)19-7-5-6-8-21(19)30)26-20(16)13-31-29(34-26)33-22-10-9-17(12-24(22)39-4)28(38)32-18-14-36(2)15-18/h5-10,12-13,16,18H,11,14-15H2,1-4H3,(H,32,38)(H,31,33,34). The second-order valence-electron chi connectivity index (χ2n) is 10.3. The number of rotatable bonds is 6. The van der Waals surface area contributed by atoms with E-state index in [0.29, 0.717) is 28.0 Å². The summed E-state index contributed by atoms with van der Waals surface area (Å²) in [6.07, 6.45) is 2.68. The Hall–Kier alpha value is -3.95. The number of hydrogen-bond donors (Lipinski definition) is 2. The number of hydrogen-bond acceptors (Lipinski definition) is 7. The van der Waals surface area contributed by atoms with Crippen LogP contribution in [0, 0.1) is 0 Å². The molecule has 0 saturated carbocycles. The van der Waals surface area contributed by atoms with Crippen LogP contribution in [0.3, 0.4) is 0 Å². The van der Waals surface area contributed by atoms with Crippen LogP contribution in [-0.4, -0.2) is 63.8 Å². The van der Waals surface area contributed by atoms with Gasteiger partial charge in [0.05, 0.1) is 35.9 Å². The highest BCUT2D eigenvalue weighted by molar-refractivity contribution is 6.33. The largest absolute Gasteiger partial charge is 0.495 e. The van der Waals surface area contributed by atoms with E-state index in [1.54, 1.807) is 19.2 Å². The second-order valence-corrected chi connectivity index (χ2v) is 10.7. The number of fused-ring (bicyclic) bond motifs is 3. The van der Waals surface area contributed by atoms with Crippen molar-refractivity contribution in [1.82, 2.24) is 30.0 Å². The van der Waals surface area contributed by atoms with E-state index in [-0.39, 0.29) is 17.9 Å². The van der Waals surface area contributed by atoms with Crippen LogP contribution in [0.4, 0.5) is 11.6 Å². The average molecular weight is 544 g/mol. The molecule has 2 N–H and O–H groups in total. The van der Waals surface area contributed by atoms with E-state index >= 15 is 0 Å². The molecule has 1 fully saturated rings. The Bertz CT molecular complexity index is 1580. The molecule has 0 spiro atoms. The van der Waals surface area contributed by atoms with Gasteiger partial charge in [0.1, 0.15) is 5.75 Å². The molecule has 39 heavy (non-hydrogen) atoms. The van der Waals surface area contributed by atoms with Crippen molar-refractivity contribution < 1.29 is 9.53 Å². The first kappa shape index (κ1) is 25.3. The molecule has 2 aliphatic rings. The number of likely N-dealkylation sites (N-methyl/N-ethyl adjacent to an activating group) is 1. The zero-order valence-corrected chi connectivity index (χ0v) is 23.1. The lowest BCUT2D eigenvalue weighted by molar-refractivity contribution is 0.0857. The molecule has 1 unspecified atom stereocenters. The number of anilines is 2. The van der Waals surface area contributed by atoms with Gasteiger partial charge < -0.3 is 20.3 Å². The summed E-state index contributed by atoms with van der Waals surface area (Å²) < 4.78 is 7.50. The minimum absolute atomic E-state index is 0.117. The monoisotopic (exact) mass is 543 g/mol. The van der Waals surface area contributed by atoms with E-state index in [1.165, 1.54) is 0 Å². The third kappa shape index (κ3) is 4.62. The first-order valence-electron chi connectivity index (χ1n) is 12.9. The maximum atomic E-state index is 12.7. The van der Waals surface area contributed by atoms with E-state index in [1.807, 2.05) is 55.3 Å². The van der Waals surface area contributed by atoms with Gasteiger partial charge >= 0.3 is 0 Å². The van der Waals surface area contributed by atoms with Crippen molar-refractivity contribution in [2.75, 3.05) is 32.6 Å². The number of aromatic nitrogens is 4. The van der Waals surface area contributed by atoms with Crippen LogP contribution >= 0.6 is 11.6 Å². The lowest BCUT2D eigenvalue weighted by atomic mass is 9.85. The molecular weight excluding hydrogens is 514 g/mol. The molecule has 1 saturated heterocycles. The van der Waals surface area contributed by atoms with Gasteiger partial charge in [0.2, 0.25) is 5.95 Å². The quantitative estimate of drug-likeness (QED) is 0.365. The molecular formula is C29H30ClN7O2. The highest BCUT2D eigenvalue weighted by Gasteiger charge is 2.31. The van der Waals surface area contributed by atoms with Gasteiger partial charge in [0.15, 0.2) is 0 Å². The Kier molecular flexibility index (Phi) is 6.48. The summed E-state index contributed by atoms with van der Waals surface area (Å²) in [6.45, 7) is 3.87. The molecule has 1 atom stereocenters. The fourth-order valence-corrected chi connectivity index (χ4v) is 5.69. The van der Waals surface area contributed by atoms with Crippen LogP contribution < -0.4 is 15.4 Å². The maximum Gasteiger partial charge on any atom is 0.251 e. The average Bonchev–Trinajstić information content (AvgIpc) is 3.23. The number of nitrogens with one attached hydrogen (secondary N) is 2. The molecule has 1 aliphatic carbocycles. The molecule has 6 rings (SSSR count). The second kappa shape index (κ2) is 9.98. The lowest BCUT2D eigenvalue weighted by Crippen LogP contribution is -2.57. The van der Waals surface area contributed by atoms with E-state index in [9.17, 15) is 4.79 Å². The Morgan fingerprint density at radius 2 is 1.95 bits per heavy atom. The summed E-state index contributed by atoms with van der Waals surface area (Å²) in [6, 6.07) is 13.3. The predicted molar refractivity (Wildman–Crippen MR) is 152 cm³/mol. The number of halogens is 1. The number of benzene rings is 2. The molecule has 10 heteroatoms. The predicted octanol–water partition coefficient (Wildman–Crippen LogP) is 4.65. The van der Waals surface area contributed by atoms with Crippen molar-refractivity contribution in [2.45, 2.75) is 25.3 Å². The number of methoxy groups -OCH3 is 1. The van der Waals surface area contributed by atoms with E-state index < -0.39 is 0 Å². The zero-order chi connectivity index (χ0) is 27.3. The molecule has 2 aromatic heterocycles. The van der Waals surface area contributed by atoms with Crippen molar-refractivity contribution in [3.8, 4) is 28.3 Å². The third-order valence-corrected chi connectivity index (χ3v) is 7.77. The van der Waals surface area contributed by atoms with E-state index in [4.69, 9.17) is 26.4 Å². The van der Waals surface area contributed by atoms with Gasteiger partial charge in [-0.15, -0.1) is 0 Å². The zero-order valence-electron chi connectivity index (χ0n) is 22.3. The SMILES string of the molecule is COc1cc(C(=O)NC2CN(C)C2)ccc1Nc1ncc2c(n1)-c1c(nn(C)c1-c1ccccc1Cl)CC2C. The van der Waals surface area contributed by atoms with Gasteiger partial charge in [-0.3, -0.25) is 9.48 Å². The first-order valence-corrected chi connectivity index (χ1v) is 13.3. The Morgan fingerprint density at radius 1 is 1.15 bits per heavy atom. The van der Waals surface area contributed by atoms with Gasteiger partial charge in [-0.25, -0.2) is 9.97 Å². The van der Waals surface area contributed by atoms with Crippen molar-refractivity contribution >= 4 is 29.1 Å². The first-order chi connectivity index (χ1) is 18.8. The lowest BCUT2D eigenvalue weighted by Gasteiger charge is -2.36. The molecule has 2 aromatic carbocycles. The minimum Gasteiger partial charge on any atom is -0.495 e. The number of nitrogens with zero attached hydrogens (tertiary/aromatic N) is 5. The maximum absolute atomic E-state index is 12.7. The number of carbonyl (C=O) groups is 1. The minimum atomic E-state index is -0.117. The number of carbonyl (C=O) groups excluding carboxylic acids is 1. The molecule has 0 bridgehead atoms. The summed E-state index contributed by atoms with van der Waals surface area (Å²) in [4.78, 5) is 24.5. The highest BCUT2D eigenvalue weighted by atomic mass is 35.5. The molecule has 3 heterocycles. The number of ether oxygens (including phenoxy) is 1. The van der Waals surface area contributed by atoms with E-state index in [2.05, 4.69) is 27.4 Å². The number of amides is 1. The fourth-order valence-electron chi connectivity index (χ4n) is 5.46. The van der Waals surface area contributed by atoms with Gasteiger partial charge in [-0.1, -0.05) is 36.7 Å². The van der Waals surface area contributed by atoms with Gasteiger partial charge in [-0.2, -0.15) is 5.10 Å². The summed E-state index contributed by atoms with van der Waals surface area (Å²) in [5, 5.41) is 11.8. The van der Waals surface area contributed by atoms with Gasteiger partial charge in [-0.05, 0) is 43.7 Å². The smallest absolute Gasteiger partial charge is 0.251 e. The molecule has 4 aromatic rings. The van der Waals surface area contributed by atoms with Crippen LogP contribution in [0.15, 0.2) is 48.7 Å². The third-order valence-electron chi connectivity index (χ3n) is 7.44. The summed E-state index contributed by atoms with van der Waals surface area (Å²) in [7, 11) is 5.55. The number of likely N-dealkylation sites (tertiary alicyclic amines) is 1. The highest BCUT2D eigenvalue weighted by Crippen LogP contribution is 2.45. The van der Waals surface area contributed by atoms with Crippen LogP contribution in [0.2, 0.25) is 5.02 Å². The van der Waals surface area contributed by atoms with Crippen LogP contribution in [0.1, 0.15) is 34.5 Å². The molecule has 9 nitrogen and oxygen atoms in total. The van der Waals surface area contributed by atoms with Crippen molar-refractivity contribution in [3.05, 3.63) is 70.5 Å². The van der Waals surface area contributed by atoms with Crippen molar-refractivity contribution in [2.24, 2.45) is 7.05 Å². The Labute approximate surface area is 232 Å². The van der Waals surface area contributed by atoms with E-state index in [0.717, 1.165) is 53.3 Å².